The molecule has 0 amide bonds. The van der Waals surface area contributed by atoms with Crippen molar-refractivity contribution in [2.45, 2.75) is 63.5 Å². The summed E-state index contributed by atoms with van der Waals surface area (Å²) in [6.45, 7) is 5.06. The first kappa shape index (κ1) is 14.3. The van der Waals surface area contributed by atoms with Crippen LogP contribution in [0.15, 0.2) is 0 Å². The Hall–Kier alpha value is -0.120. The SMILES string of the molecule is CCNC(C1CCCOC1)C1(OC)CCCCC1. The van der Waals surface area contributed by atoms with Gasteiger partial charge in [0.1, 0.15) is 0 Å². The lowest BCUT2D eigenvalue weighted by molar-refractivity contribution is -0.0980. The van der Waals surface area contributed by atoms with Crippen LogP contribution in [0.4, 0.5) is 0 Å². The zero-order valence-corrected chi connectivity index (χ0v) is 12.0. The Labute approximate surface area is 112 Å². The predicted octanol–water partition coefficient (Wildman–Crippen LogP) is 2.74. The molecule has 1 N–H and O–H groups in total. The average molecular weight is 255 g/mol. The van der Waals surface area contributed by atoms with Crippen LogP contribution in [-0.2, 0) is 9.47 Å². The van der Waals surface area contributed by atoms with Gasteiger partial charge in [-0.1, -0.05) is 26.2 Å². The van der Waals surface area contributed by atoms with E-state index < -0.39 is 0 Å². The third-order valence-electron chi connectivity index (χ3n) is 4.76. The van der Waals surface area contributed by atoms with E-state index in [1.165, 1.54) is 44.9 Å². The molecule has 18 heavy (non-hydrogen) atoms. The highest BCUT2D eigenvalue weighted by Crippen LogP contribution is 2.38. The summed E-state index contributed by atoms with van der Waals surface area (Å²) in [7, 11) is 1.90. The predicted molar refractivity (Wildman–Crippen MR) is 73.8 cm³/mol. The molecular weight excluding hydrogens is 226 g/mol. The van der Waals surface area contributed by atoms with Gasteiger partial charge in [-0.05, 0) is 32.2 Å². The smallest absolute Gasteiger partial charge is 0.0834 e. The first-order chi connectivity index (χ1) is 8.82. The Morgan fingerprint density at radius 1 is 1.28 bits per heavy atom. The van der Waals surface area contributed by atoms with Crippen molar-refractivity contribution in [3.8, 4) is 0 Å². The largest absolute Gasteiger partial charge is 0.381 e. The normalized spacial score (nSPS) is 30.0. The van der Waals surface area contributed by atoms with Crippen LogP contribution in [0, 0.1) is 5.92 Å². The van der Waals surface area contributed by atoms with Gasteiger partial charge in [0.25, 0.3) is 0 Å². The second kappa shape index (κ2) is 6.88. The lowest BCUT2D eigenvalue weighted by Crippen LogP contribution is -2.58. The second-order valence-electron chi connectivity index (χ2n) is 5.84. The molecule has 1 heterocycles. The van der Waals surface area contributed by atoms with Crippen molar-refractivity contribution in [2.24, 2.45) is 5.92 Å². The Bertz CT molecular complexity index is 233. The highest BCUT2D eigenvalue weighted by molar-refractivity contribution is 4.99. The number of nitrogens with one attached hydrogen (secondary N) is 1. The molecule has 0 aromatic heterocycles. The lowest BCUT2D eigenvalue weighted by atomic mass is 9.73. The van der Waals surface area contributed by atoms with E-state index in [1.807, 2.05) is 7.11 Å². The van der Waals surface area contributed by atoms with Gasteiger partial charge >= 0.3 is 0 Å². The van der Waals surface area contributed by atoms with Crippen LogP contribution in [0.3, 0.4) is 0 Å². The zero-order valence-electron chi connectivity index (χ0n) is 12.0. The van der Waals surface area contributed by atoms with Crippen molar-refractivity contribution in [3.05, 3.63) is 0 Å². The van der Waals surface area contributed by atoms with E-state index in [4.69, 9.17) is 9.47 Å². The molecule has 2 rings (SSSR count). The van der Waals surface area contributed by atoms with E-state index >= 15 is 0 Å². The van der Waals surface area contributed by atoms with Gasteiger partial charge in [0, 0.05) is 25.7 Å². The van der Waals surface area contributed by atoms with Gasteiger partial charge in [0.2, 0.25) is 0 Å². The lowest BCUT2D eigenvalue weighted by Gasteiger charge is -2.47. The topological polar surface area (TPSA) is 30.5 Å². The maximum atomic E-state index is 6.03. The molecule has 0 spiro atoms. The summed E-state index contributed by atoms with van der Waals surface area (Å²) in [5, 5.41) is 3.71. The molecule has 0 aromatic rings. The van der Waals surface area contributed by atoms with Crippen molar-refractivity contribution in [1.29, 1.82) is 0 Å². The van der Waals surface area contributed by atoms with E-state index in [-0.39, 0.29) is 5.60 Å². The molecule has 3 nitrogen and oxygen atoms in total. The fourth-order valence-corrected chi connectivity index (χ4v) is 3.82. The molecule has 0 radical (unpaired) electrons. The van der Waals surface area contributed by atoms with Crippen LogP contribution < -0.4 is 5.32 Å². The van der Waals surface area contributed by atoms with E-state index in [0.717, 1.165) is 19.8 Å². The molecule has 106 valence electrons. The van der Waals surface area contributed by atoms with Crippen LogP contribution in [0.1, 0.15) is 51.9 Å². The number of hydrogen-bond acceptors (Lipinski definition) is 3. The average Bonchev–Trinajstić information content (AvgIpc) is 2.46. The molecule has 2 unspecified atom stereocenters. The summed E-state index contributed by atoms with van der Waals surface area (Å²) in [4.78, 5) is 0. The minimum Gasteiger partial charge on any atom is -0.381 e. The number of methoxy groups -OCH3 is 1. The maximum Gasteiger partial charge on any atom is 0.0834 e. The van der Waals surface area contributed by atoms with Crippen LogP contribution in [0.5, 0.6) is 0 Å². The molecule has 2 aliphatic rings. The highest BCUT2D eigenvalue weighted by Gasteiger charge is 2.43. The number of hydrogen-bond donors (Lipinski definition) is 1. The van der Waals surface area contributed by atoms with Crippen LogP contribution in [0.2, 0.25) is 0 Å². The Morgan fingerprint density at radius 3 is 2.61 bits per heavy atom. The van der Waals surface area contributed by atoms with E-state index in [9.17, 15) is 0 Å². The second-order valence-corrected chi connectivity index (χ2v) is 5.84. The van der Waals surface area contributed by atoms with Crippen molar-refractivity contribution in [3.63, 3.8) is 0 Å². The summed E-state index contributed by atoms with van der Waals surface area (Å²) < 4.78 is 11.7. The molecule has 3 heteroatoms. The number of rotatable bonds is 5. The summed E-state index contributed by atoms with van der Waals surface area (Å²) in [6.07, 6.45) is 8.88. The van der Waals surface area contributed by atoms with Crippen molar-refractivity contribution in [2.75, 3.05) is 26.9 Å². The molecule has 2 atom stereocenters. The maximum absolute atomic E-state index is 6.03. The summed E-state index contributed by atoms with van der Waals surface area (Å²) in [5.41, 5.74) is 0.0552. The van der Waals surface area contributed by atoms with Gasteiger partial charge in [-0.25, -0.2) is 0 Å². The number of ether oxygens (including phenoxy) is 2. The molecule has 1 saturated heterocycles. The van der Waals surface area contributed by atoms with Crippen molar-refractivity contribution in [1.82, 2.24) is 5.32 Å². The van der Waals surface area contributed by atoms with Gasteiger partial charge in [0.15, 0.2) is 0 Å². The highest BCUT2D eigenvalue weighted by atomic mass is 16.5. The van der Waals surface area contributed by atoms with Crippen LogP contribution >= 0.6 is 0 Å². The Balaban J connectivity index is 2.09. The molecule has 0 bridgehead atoms. The van der Waals surface area contributed by atoms with Gasteiger partial charge in [-0.3, -0.25) is 0 Å². The number of likely N-dealkylation sites (N-methyl/N-ethyl adjacent to an activating group) is 1. The first-order valence-electron chi connectivity index (χ1n) is 7.68. The van der Waals surface area contributed by atoms with Crippen LogP contribution in [-0.4, -0.2) is 38.5 Å². The standard InChI is InChI=1S/C15H29NO2/c1-3-16-14(13-8-7-11-18-12-13)15(17-2)9-5-4-6-10-15/h13-14,16H,3-12H2,1-2H3. The monoisotopic (exact) mass is 255 g/mol. The minimum absolute atomic E-state index is 0.0552. The van der Waals surface area contributed by atoms with Crippen LogP contribution in [0.25, 0.3) is 0 Å². The minimum atomic E-state index is 0.0552. The van der Waals surface area contributed by atoms with Crippen molar-refractivity contribution < 1.29 is 9.47 Å². The Morgan fingerprint density at radius 2 is 2.06 bits per heavy atom. The van der Waals surface area contributed by atoms with E-state index in [0.29, 0.717) is 12.0 Å². The van der Waals surface area contributed by atoms with Gasteiger partial charge in [-0.2, -0.15) is 0 Å². The Kier molecular flexibility index (Phi) is 5.46. The first-order valence-corrected chi connectivity index (χ1v) is 7.68. The molecule has 1 aliphatic carbocycles. The van der Waals surface area contributed by atoms with E-state index in [1.54, 1.807) is 0 Å². The molecule has 0 aromatic carbocycles. The fraction of sp³-hybridized carbons (Fsp3) is 1.00. The third kappa shape index (κ3) is 3.06. The molecule has 2 fully saturated rings. The molecule has 1 aliphatic heterocycles. The summed E-state index contributed by atoms with van der Waals surface area (Å²) >= 11 is 0. The third-order valence-corrected chi connectivity index (χ3v) is 4.76. The molecular formula is C15H29NO2. The summed E-state index contributed by atoms with van der Waals surface area (Å²) in [5.74, 6) is 0.622. The van der Waals surface area contributed by atoms with Gasteiger partial charge in [0.05, 0.1) is 12.2 Å². The van der Waals surface area contributed by atoms with Gasteiger partial charge in [-0.15, -0.1) is 0 Å². The molecule has 1 saturated carbocycles. The quantitative estimate of drug-likeness (QED) is 0.819. The van der Waals surface area contributed by atoms with E-state index in [2.05, 4.69) is 12.2 Å². The summed E-state index contributed by atoms with van der Waals surface area (Å²) in [6, 6.07) is 0.466. The fourth-order valence-electron chi connectivity index (χ4n) is 3.82. The van der Waals surface area contributed by atoms with Crippen molar-refractivity contribution >= 4 is 0 Å². The zero-order chi connectivity index (χ0) is 12.8. The van der Waals surface area contributed by atoms with Gasteiger partial charge < -0.3 is 14.8 Å².